The number of amides is 2. The average molecular weight is 127 g/mol. The molecule has 1 heterocycles. The number of primary amides is 1. The molecule has 1 radical (unpaired) electrons. The van der Waals surface area contributed by atoms with Gasteiger partial charge in [0.05, 0.1) is 0 Å². The van der Waals surface area contributed by atoms with Crippen LogP contribution in [0.25, 0.3) is 0 Å². The summed E-state index contributed by atoms with van der Waals surface area (Å²) in [5.74, 6) is -0.709. The topological polar surface area (TPSA) is 74.3 Å². The first-order chi connectivity index (χ1) is 4.20. The second kappa shape index (κ2) is 2.05. The number of nitrogens with two attached hydrogens (primary N) is 1. The van der Waals surface area contributed by atoms with Crippen LogP contribution < -0.4 is 11.1 Å². The van der Waals surface area contributed by atoms with E-state index < -0.39 is 11.9 Å². The summed E-state index contributed by atoms with van der Waals surface area (Å²) in [4.78, 5) is 20.7. The van der Waals surface area contributed by atoms with Crippen molar-refractivity contribution in [3.05, 3.63) is 0 Å². The highest BCUT2D eigenvalue weighted by Crippen LogP contribution is 2.06. The molecule has 0 aromatic heterocycles. The van der Waals surface area contributed by atoms with Crippen LogP contribution >= 0.6 is 0 Å². The largest absolute Gasteiger partial charge is 0.368 e. The molecule has 0 aliphatic carbocycles. The van der Waals surface area contributed by atoms with Crippen molar-refractivity contribution in [3.8, 4) is 0 Å². The van der Waals surface area contributed by atoms with Crippen LogP contribution in [0, 0.1) is 0 Å². The van der Waals surface area contributed by atoms with E-state index in [9.17, 15) is 9.59 Å². The van der Waals surface area contributed by atoms with Gasteiger partial charge in [0.2, 0.25) is 11.8 Å². The van der Waals surface area contributed by atoms with Crippen LogP contribution in [0.4, 0.5) is 0 Å². The van der Waals surface area contributed by atoms with Crippen molar-refractivity contribution < 1.29 is 9.59 Å². The first-order valence-electron chi connectivity index (χ1n) is 2.73. The highest BCUT2D eigenvalue weighted by molar-refractivity contribution is 5.89. The van der Waals surface area contributed by atoms with E-state index in [1.54, 1.807) is 0 Å². The Balaban J connectivity index is 2.48. The van der Waals surface area contributed by atoms with Gasteiger partial charge in [0.1, 0.15) is 6.04 Å². The van der Waals surface area contributed by atoms with Crippen LogP contribution in [0.5, 0.6) is 0 Å². The van der Waals surface area contributed by atoms with Gasteiger partial charge >= 0.3 is 0 Å². The molecule has 1 aliphatic heterocycles. The van der Waals surface area contributed by atoms with E-state index in [0.717, 1.165) is 0 Å². The van der Waals surface area contributed by atoms with E-state index in [1.807, 2.05) is 0 Å². The highest BCUT2D eigenvalue weighted by Gasteiger charge is 2.26. The Labute approximate surface area is 52.4 Å². The zero-order valence-electron chi connectivity index (χ0n) is 4.83. The van der Waals surface area contributed by atoms with Crippen molar-refractivity contribution in [3.63, 3.8) is 0 Å². The van der Waals surface area contributed by atoms with Gasteiger partial charge < -0.3 is 5.73 Å². The Hall–Kier alpha value is -1.06. The molecule has 49 valence electrons. The molecule has 1 fully saturated rings. The smallest absolute Gasteiger partial charge is 0.242 e. The predicted octanol–water partition coefficient (Wildman–Crippen LogP) is -1.23. The van der Waals surface area contributed by atoms with Gasteiger partial charge in [0.15, 0.2) is 0 Å². The second-order valence-corrected chi connectivity index (χ2v) is 1.98. The standard InChI is InChI=1S/C5H7N2O2/c6-5(9)3-1-2-4(8)7-3/h3H,1-2H2,(H2,6,9). The molecule has 0 saturated carbocycles. The maximum atomic E-state index is 10.4. The van der Waals surface area contributed by atoms with Gasteiger partial charge in [-0.25, -0.2) is 5.32 Å². The number of hydrogen-bond donors (Lipinski definition) is 1. The molecule has 2 amide bonds. The molecule has 4 heteroatoms. The first-order valence-corrected chi connectivity index (χ1v) is 2.73. The lowest BCUT2D eigenvalue weighted by molar-refractivity contribution is -0.124. The van der Waals surface area contributed by atoms with Crippen LogP contribution in [-0.4, -0.2) is 17.9 Å². The third kappa shape index (κ3) is 1.19. The monoisotopic (exact) mass is 127 g/mol. The van der Waals surface area contributed by atoms with Crippen LogP contribution in [0.1, 0.15) is 12.8 Å². The van der Waals surface area contributed by atoms with Crippen molar-refractivity contribution in [1.82, 2.24) is 5.32 Å². The zero-order chi connectivity index (χ0) is 6.85. The Morgan fingerprint density at radius 2 is 2.44 bits per heavy atom. The van der Waals surface area contributed by atoms with Crippen molar-refractivity contribution >= 4 is 11.8 Å². The first kappa shape index (κ1) is 6.07. The molecule has 9 heavy (non-hydrogen) atoms. The van der Waals surface area contributed by atoms with Gasteiger partial charge in [0.25, 0.3) is 0 Å². The van der Waals surface area contributed by atoms with Crippen LogP contribution in [0.3, 0.4) is 0 Å². The Bertz CT molecular complexity index is 155. The van der Waals surface area contributed by atoms with E-state index in [-0.39, 0.29) is 5.91 Å². The van der Waals surface area contributed by atoms with Crippen LogP contribution in [0.15, 0.2) is 0 Å². The lowest BCUT2D eigenvalue weighted by Gasteiger charge is -1.97. The normalized spacial score (nSPS) is 25.8. The molecule has 1 unspecified atom stereocenters. The van der Waals surface area contributed by atoms with Crippen molar-refractivity contribution in [2.45, 2.75) is 18.9 Å². The fourth-order valence-corrected chi connectivity index (χ4v) is 0.769. The minimum atomic E-state index is -0.544. The average Bonchev–Trinajstić information content (AvgIpc) is 2.14. The predicted molar refractivity (Wildman–Crippen MR) is 29.4 cm³/mol. The number of nitrogens with zero attached hydrogens (tertiary/aromatic N) is 1. The third-order valence-electron chi connectivity index (χ3n) is 1.26. The van der Waals surface area contributed by atoms with Gasteiger partial charge in [0, 0.05) is 6.42 Å². The number of hydrogen-bond acceptors (Lipinski definition) is 2. The van der Waals surface area contributed by atoms with Crippen LogP contribution in [0.2, 0.25) is 0 Å². The Kier molecular flexibility index (Phi) is 1.38. The molecular formula is C5H7N2O2. The summed E-state index contributed by atoms with van der Waals surface area (Å²) < 4.78 is 0. The van der Waals surface area contributed by atoms with E-state index in [1.165, 1.54) is 0 Å². The lowest BCUT2D eigenvalue weighted by atomic mass is 10.2. The van der Waals surface area contributed by atoms with Gasteiger partial charge in [-0.2, -0.15) is 0 Å². The highest BCUT2D eigenvalue weighted by atomic mass is 16.2. The van der Waals surface area contributed by atoms with Gasteiger partial charge in [-0.05, 0) is 6.42 Å². The molecule has 2 N–H and O–H groups in total. The van der Waals surface area contributed by atoms with Crippen LogP contribution in [-0.2, 0) is 9.59 Å². The maximum Gasteiger partial charge on any atom is 0.242 e. The molecule has 1 saturated heterocycles. The molecule has 0 aromatic rings. The number of carbonyl (C=O) groups excluding carboxylic acids is 2. The minimum Gasteiger partial charge on any atom is -0.368 e. The Morgan fingerprint density at radius 3 is 2.67 bits per heavy atom. The summed E-state index contributed by atoms with van der Waals surface area (Å²) in [5, 5.41) is 3.47. The molecule has 0 bridgehead atoms. The fraction of sp³-hybridized carbons (Fsp3) is 0.600. The van der Waals surface area contributed by atoms with Gasteiger partial charge in [-0.1, -0.05) is 0 Å². The summed E-state index contributed by atoms with van der Waals surface area (Å²) in [6, 6.07) is -0.544. The van der Waals surface area contributed by atoms with Crippen molar-refractivity contribution in [2.75, 3.05) is 0 Å². The molecule has 4 nitrogen and oxygen atoms in total. The fourth-order valence-electron chi connectivity index (χ4n) is 0.769. The molecule has 0 aromatic carbocycles. The molecule has 1 atom stereocenters. The van der Waals surface area contributed by atoms with E-state index in [2.05, 4.69) is 5.32 Å². The number of rotatable bonds is 1. The van der Waals surface area contributed by atoms with Crippen molar-refractivity contribution in [1.29, 1.82) is 0 Å². The molecule has 1 aliphatic rings. The second-order valence-electron chi connectivity index (χ2n) is 1.98. The number of carbonyl (C=O) groups is 2. The lowest BCUT2D eigenvalue weighted by Crippen LogP contribution is -2.33. The molecular weight excluding hydrogens is 120 g/mol. The van der Waals surface area contributed by atoms with E-state index in [4.69, 9.17) is 5.73 Å². The summed E-state index contributed by atoms with van der Waals surface area (Å²) in [7, 11) is 0. The third-order valence-corrected chi connectivity index (χ3v) is 1.26. The summed E-state index contributed by atoms with van der Waals surface area (Å²) in [5.41, 5.74) is 4.88. The quantitative estimate of drug-likeness (QED) is 0.478. The Morgan fingerprint density at radius 1 is 1.78 bits per heavy atom. The summed E-state index contributed by atoms with van der Waals surface area (Å²) in [6.07, 6.45) is 0.863. The van der Waals surface area contributed by atoms with Crippen molar-refractivity contribution in [2.24, 2.45) is 5.73 Å². The minimum absolute atomic E-state index is 0.209. The zero-order valence-corrected chi connectivity index (χ0v) is 4.83. The van der Waals surface area contributed by atoms with Gasteiger partial charge in [-0.3, -0.25) is 9.59 Å². The van der Waals surface area contributed by atoms with E-state index >= 15 is 0 Å². The SMILES string of the molecule is NC(=O)C1CCC(=O)[N]1. The molecule has 1 rings (SSSR count). The maximum absolute atomic E-state index is 10.4. The van der Waals surface area contributed by atoms with Gasteiger partial charge in [-0.15, -0.1) is 0 Å². The van der Waals surface area contributed by atoms with E-state index in [0.29, 0.717) is 12.8 Å². The summed E-state index contributed by atoms with van der Waals surface area (Å²) >= 11 is 0. The molecule has 0 spiro atoms. The summed E-state index contributed by atoms with van der Waals surface area (Å²) in [6.45, 7) is 0.